The van der Waals surface area contributed by atoms with Crippen molar-refractivity contribution in [3.05, 3.63) is 0 Å². The third kappa shape index (κ3) is 4.42. The Kier molecular flexibility index (Phi) is 5.30. The smallest absolute Gasteiger partial charge is 0.201 e. The van der Waals surface area contributed by atoms with Gasteiger partial charge in [0.1, 0.15) is 16.5 Å². The maximum Gasteiger partial charge on any atom is 0.201 e. The first kappa shape index (κ1) is 15.4. The van der Waals surface area contributed by atoms with Gasteiger partial charge in [0.2, 0.25) is 5.12 Å². The summed E-state index contributed by atoms with van der Waals surface area (Å²) in [5.74, 6) is 0. The molecule has 90 valence electrons. The summed E-state index contributed by atoms with van der Waals surface area (Å²) in [4.78, 5) is 11.6. The van der Waals surface area contributed by atoms with Crippen LogP contribution in [0.1, 0.15) is 13.3 Å². The first-order valence-electron chi connectivity index (χ1n) is 5.54. The number of nitrogens with zero attached hydrogens (tertiary/aromatic N) is 1. The monoisotopic (exact) mass is 263 g/mol. The van der Waals surface area contributed by atoms with E-state index >= 15 is 0 Å². The Morgan fingerprint density at radius 3 is 1.53 bits per heavy atom. The zero-order valence-corrected chi connectivity index (χ0v) is 14.0. The first-order valence-corrected chi connectivity index (χ1v) is 12.9. The van der Waals surface area contributed by atoms with Crippen LogP contribution >= 0.6 is 12.6 Å². The summed E-state index contributed by atoms with van der Waals surface area (Å²) >= 11 is 4.04. The van der Waals surface area contributed by atoms with Crippen molar-refractivity contribution < 1.29 is 4.79 Å². The van der Waals surface area contributed by atoms with Gasteiger partial charge in [-0.25, -0.2) is 0 Å². The zero-order chi connectivity index (χ0) is 12.4. The van der Waals surface area contributed by atoms with Gasteiger partial charge in [-0.05, 0) is 6.42 Å². The predicted molar refractivity (Wildman–Crippen MR) is 76.6 cm³/mol. The minimum atomic E-state index is -1.44. The number of hydrogen-bond acceptors (Lipinski definition) is 2. The van der Waals surface area contributed by atoms with Crippen molar-refractivity contribution in [1.29, 1.82) is 0 Å². The Morgan fingerprint density at radius 2 is 1.47 bits per heavy atom. The Hall–Kier alpha value is 0.414. The average molecular weight is 264 g/mol. The van der Waals surface area contributed by atoms with Crippen molar-refractivity contribution in [2.24, 2.45) is 0 Å². The number of rotatable bonds is 5. The molecule has 0 aromatic heterocycles. The second kappa shape index (κ2) is 5.16. The van der Waals surface area contributed by atoms with Crippen LogP contribution < -0.4 is 0 Å². The van der Waals surface area contributed by atoms with Crippen LogP contribution in [0.2, 0.25) is 39.3 Å². The molecule has 0 rings (SSSR count). The molecule has 1 atom stereocenters. The maximum absolute atomic E-state index is 11.6. The van der Waals surface area contributed by atoms with Crippen molar-refractivity contribution in [1.82, 2.24) is 4.23 Å². The molecule has 0 fully saturated rings. The van der Waals surface area contributed by atoms with Gasteiger partial charge < -0.3 is 4.23 Å². The number of thiol groups is 1. The highest BCUT2D eigenvalue weighted by molar-refractivity contribution is 7.96. The fourth-order valence-corrected chi connectivity index (χ4v) is 13.4. The summed E-state index contributed by atoms with van der Waals surface area (Å²) in [7, 11) is -2.89. The van der Waals surface area contributed by atoms with E-state index in [2.05, 4.69) is 63.1 Å². The van der Waals surface area contributed by atoms with E-state index in [1.54, 1.807) is 0 Å². The second-order valence-corrected chi connectivity index (χ2v) is 16.5. The molecule has 0 N–H and O–H groups in total. The van der Waals surface area contributed by atoms with Crippen LogP contribution in [-0.2, 0) is 4.79 Å². The Bertz CT molecular complexity index is 219. The molecule has 0 heterocycles. The molecule has 0 bridgehead atoms. The maximum atomic E-state index is 11.6. The van der Waals surface area contributed by atoms with Crippen LogP contribution in [0.3, 0.4) is 0 Å². The minimum absolute atomic E-state index is 0.0201. The number of carbonyl (C=O) groups excluding carboxylic acids is 1. The fraction of sp³-hybridized carbons (Fsp3) is 0.900. The standard InChI is InChI=1S/C10H25NOSSi2/c1-8-9(10(12)13)11(14(2,3)4)15(5,6)7/h9H,8H2,1-7H3,(H,12,13). The second-order valence-electron chi connectivity index (χ2n) is 5.97. The molecule has 15 heavy (non-hydrogen) atoms. The number of carbonyl (C=O) groups is 1. The molecule has 0 amide bonds. The van der Waals surface area contributed by atoms with Crippen LogP contribution in [-0.4, -0.2) is 31.9 Å². The molecule has 1 unspecified atom stereocenters. The van der Waals surface area contributed by atoms with Crippen LogP contribution in [0.5, 0.6) is 0 Å². The molecule has 0 aliphatic rings. The first-order chi connectivity index (χ1) is 6.51. The van der Waals surface area contributed by atoms with Gasteiger partial charge in [0.15, 0.2) is 0 Å². The lowest BCUT2D eigenvalue weighted by molar-refractivity contribution is -0.113. The van der Waals surface area contributed by atoms with Crippen LogP contribution in [0.4, 0.5) is 0 Å². The fourth-order valence-electron chi connectivity index (χ4n) is 2.41. The Morgan fingerprint density at radius 1 is 1.13 bits per heavy atom. The normalized spacial score (nSPS) is 15.5. The molecule has 0 spiro atoms. The quantitative estimate of drug-likeness (QED) is 0.607. The van der Waals surface area contributed by atoms with Crippen LogP contribution in [0.25, 0.3) is 0 Å². The highest BCUT2D eigenvalue weighted by Crippen LogP contribution is 2.25. The summed E-state index contributed by atoms with van der Waals surface area (Å²) in [6, 6.07) is 0.0201. The summed E-state index contributed by atoms with van der Waals surface area (Å²) < 4.78 is 2.52. The predicted octanol–water partition coefficient (Wildman–Crippen LogP) is 3.19. The zero-order valence-electron chi connectivity index (χ0n) is 11.1. The molecule has 0 saturated heterocycles. The molecular formula is C10H25NOSSi2. The van der Waals surface area contributed by atoms with Crippen molar-refractivity contribution in [2.45, 2.75) is 58.7 Å². The van der Waals surface area contributed by atoms with Gasteiger partial charge in [-0.3, -0.25) is 4.79 Å². The third-order valence-corrected chi connectivity index (χ3v) is 10.3. The van der Waals surface area contributed by atoms with Crippen LogP contribution in [0, 0.1) is 0 Å². The molecule has 0 radical (unpaired) electrons. The lowest BCUT2D eigenvalue weighted by Gasteiger charge is -2.47. The summed E-state index contributed by atoms with van der Waals surface area (Å²) in [5, 5.41) is 0.0300. The highest BCUT2D eigenvalue weighted by Gasteiger charge is 2.40. The minimum Gasteiger partial charge on any atom is -0.336 e. The van der Waals surface area contributed by atoms with Gasteiger partial charge in [-0.1, -0.05) is 46.2 Å². The SMILES string of the molecule is CCC(C(=O)S)N([Si](C)(C)C)[Si](C)(C)C. The lowest BCUT2D eigenvalue weighted by atomic mass is 10.3. The molecule has 0 aromatic carbocycles. The molecule has 0 aromatic rings. The summed E-state index contributed by atoms with van der Waals surface area (Å²) in [6.45, 7) is 15.9. The van der Waals surface area contributed by atoms with E-state index in [0.717, 1.165) is 6.42 Å². The van der Waals surface area contributed by atoms with E-state index in [9.17, 15) is 4.79 Å². The molecule has 0 aliphatic carbocycles. The van der Waals surface area contributed by atoms with E-state index < -0.39 is 16.5 Å². The summed E-state index contributed by atoms with van der Waals surface area (Å²) in [6.07, 6.45) is 0.872. The van der Waals surface area contributed by atoms with Gasteiger partial charge in [-0.15, -0.1) is 12.6 Å². The highest BCUT2D eigenvalue weighted by atomic mass is 32.1. The largest absolute Gasteiger partial charge is 0.336 e. The Balaban J connectivity index is 5.19. The van der Waals surface area contributed by atoms with E-state index in [-0.39, 0.29) is 11.2 Å². The molecule has 0 saturated carbocycles. The van der Waals surface area contributed by atoms with E-state index in [1.807, 2.05) is 0 Å². The van der Waals surface area contributed by atoms with E-state index in [1.165, 1.54) is 0 Å². The topological polar surface area (TPSA) is 20.3 Å². The van der Waals surface area contributed by atoms with Crippen molar-refractivity contribution in [2.75, 3.05) is 0 Å². The molecule has 0 aliphatic heterocycles. The van der Waals surface area contributed by atoms with Crippen molar-refractivity contribution in [3.8, 4) is 0 Å². The molecule has 5 heteroatoms. The van der Waals surface area contributed by atoms with E-state index in [0.29, 0.717) is 0 Å². The van der Waals surface area contributed by atoms with Crippen molar-refractivity contribution >= 4 is 34.2 Å². The van der Waals surface area contributed by atoms with Crippen LogP contribution in [0.15, 0.2) is 0 Å². The molecule has 2 nitrogen and oxygen atoms in total. The lowest BCUT2D eigenvalue weighted by Crippen LogP contribution is -2.64. The van der Waals surface area contributed by atoms with Gasteiger partial charge in [-0.2, -0.15) is 0 Å². The third-order valence-electron chi connectivity index (χ3n) is 2.43. The van der Waals surface area contributed by atoms with Gasteiger partial charge in [0.05, 0.1) is 6.04 Å². The van der Waals surface area contributed by atoms with Crippen molar-refractivity contribution in [3.63, 3.8) is 0 Å². The van der Waals surface area contributed by atoms with Gasteiger partial charge >= 0.3 is 0 Å². The summed E-state index contributed by atoms with van der Waals surface area (Å²) in [5.41, 5.74) is 0. The van der Waals surface area contributed by atoms with Gasteiger partial charge in [0.25, 0.3) is 0 Å². The Labute approximate surface area is 102 Å². The van der Waals surface area contributed by atoms with E-state index in [4.69, 9.17) is 0 Å². The van der Waals surface area contributed by atoms with Gasteiger partial charge in [0, 0.05) is 0 Å². The number of hydrogen-bond donors (Lipinski definition) is 1. The molecular weight excluding hydrogens is 238 g/mol. The average Bonchev–Trinajstić information content (AvgIpc) is 1.93.